The van der Waals surface area contributed by atoms with Gasteiger partial charge in [0, 0.05) is 18.7 Å². The van der Waals surface area contributed by atoms with E-state index in [0.717, 1.165) is 18.7 Å². The van der Waals surface area contributed by atoms with E-state index in [9.17, 15) is 5.11 Å². The van der Waals surface area contributed by atoms with Gasteiger partial charge in [-0.15, -0.1) is 24.0 Å². The van der Waals surface area contributed by atoms with Gasteiger partial charge in [0.25, 0.3) is 0 Å². The number of guanidine groups is 1. The van der Waals surface area contributed by atoms with Gasteiger partial charge in [0.1, 0.15) is 11.5 Å². The highest BCUT2D eigenvalue weighted by atomic mass is 127. The molecular weight excluding hydrogens is 481 g/mol. The minimum Gasteiger partial charge on any atom is -0.508 e. The van der Waals surface area contributed by atoms with Gasteiger partial charge in [0.15, 0.2) is 5.96 Å². The lowest BCUT2D eigenvalue weighted by atomic mass is 10.2. The summed E-state index contributed by atoms with van der Waals surface area (Å²) in [6, 6.07) is 15.3. The molecule has 2 aromatic rings. The average molecular weight is 513 g/mol. The third kappa shape index (κ3) is 9.36. The number of nitrogens with one attached hydrogen (secondary N) is 2. The molecule has 0 aliphatic carbocycles. The maximum atomic E-state index is 10.0. The number of halogens is 1. The van der Waals surface area contributed by atoms with Gasteiger partial charge < -0.3 is 25.2 Å². The zero-order valence-electron chi connectivity index (χ0n) is 17.4. The molecule has 0 aliphatic heterocycles. The standard InChI is InChI=1S/C22H31N3O3.HI/c1-4-23-22(25-14-19-12-20(27-3)10-11-21(19)26)24-13-17(2)15-28-16-18-8-6-5-7-9-18;/h5-12,17,26H,4,13-16H2,1-3H3,(H2,23,24,25);1H. The van der Waals surface area contributed by atoms with Crippen LogP contribution in [0.3, 0.4) is 0 Å². The average Bonchev–Trinajstić information content (AvgIpc) is 2.72. The van der Waals surface area contributed by atoms with E-state index in [4.69, 9.17) is 9.47 Å². The van der Waals surface area contributed by atoms with Gasteiger partial charge in [0.2, 0.25) is 0 Å². The van der Waals surface area contributed by atoms with Gasteiger partial charge in [-0.25, -0.2) is 4.99 Å². The monoisotopic (exact) mass is 513 g/mol. The predicted octanol–water partition coefficient (Wildman–Crippen LogP) is 3.93. The molecule has 160 valence electrons. The largest absolute Gasteiger partial charge is 0.508 e. The first kappa shape index (κ1) is 25.0. The number of aliphatic imine (C=N–C) groups is 1. The van der Waals surface area contributed by atoms with Crippen molar-refractivity contribution in [3.8, 4) is 11.5 Å². The predicted molar refractivity (Wildman–Crippen MR) is 128 cm³/mol. The van der Waals surface area contributed by atoms with E-state index in [1.165, 1.54) is 5.56 Å². The fourth-order valence-corrected chi connectivity index (χ4v) is 2.60. The Morgan fingerprint density at radius 1 is 1.14 bits per heavy atom. The van der Waals surface area contributed by atoms with Crippen LogP contribution >= 0.6 is 24.0 Å². The summed E-state index contributed by atoms with van der Waals surface area (Å²) in [5.74, 6) is 1.95. The van der Waals surface area contributed by atoms with Crippen LogP contribution in [0.25, 0.3) is 0 Å². The Bertz CT molecular complexity index is 741. The molecule has 0 aliphatic rings. The van der Waals surface area contributed by atoms with Crippen LogP contribution in [-0.2, 0) is 17.9 Å². The van der Waals surface area contributed by atoms with Crippen LogP contribution in [0.1, 0.15) is 25.0 Å². The molecule has 0 saturated carbocycles. The van der Waals surface area contributed by atoms with Crippen molar-refractivity contribution >= 4 is 29.9 Å². The van der Waals surface area contributed by atoms with Crippen molar-refractivity contribution in [1.29, 1.82) is 0 Å². The number of ether oxygens (including phenoxy) is 2. The zero-order chi connectivity index (χ0) is 20.2. The van der Waals surface area contributed by atoms with Crippen molar-refractivity contribution in [3.05, 3.63) is 59.7 Å². The Balaban J connectivity index is 0.00000420. The van der Waals surface area contributed by atoms with Crippen LogP contribution in [-0.4, -0.2) is 37.9 Å². The number of hydrogen-bond acceptors (Lipinski definition) is 4. The molecule has 2 aromatic carbocycles. The van der Waals surface area contributed by atoms with Crippen LogP contribution in [0.5, 0.6) is 11.5 Å². The number of nitrogens with zero attached hydrogens (tertiary/aromatic N) is 1. The second kappa shape index (κ2) is 14.1. The minimum atomic E-state index is 0. The summed E-state index contributed by atoms with van der Waals surface area (Å²) in [6.45, 7) is 7.30. The number of hydrogen-bond donors (Lipinski definition) is 3. The smallest absolute Gasteiger partial charge is 0.191 e. The second-order valence-electron chi connectivity index (χ2n) is 6.68. The number of rotatable bonds is 10. The Morgan fingerprint density at radius 2 is 1.90 bits per heavy atom. The molecule has 0 bridgehead atoms. The molecule has 0 radical (unpaired) electrons. The highest BCUT2D eigenvalue weighted by Gasteiger charge is 2.07. The first-order valence-corrected chi connectivity index (χ1v) is 9.62. The van der Waals surface area contributed by atoms with Gasteiger partial charge in [-0.3, -0.25) is 0 Å². The first-order chi connectivity index (χ1) is 13.6. The van der Waals surface area contributed by atoms with Crippen molar-refractivity contribution in [2.45, 2.75) is 27.0 Å². The Hall–Kier alpha value is -2.00. The number of phenols is 1. The topological polar surface area (TPSA) is 75.1 Å². The maximum absolute atomic E-state index is 10.0. The van der Waals surface area contributed by atoms with Crippen molar-refractivity contribution in [2.24, 2.45) is 10.9 Å². The lowest BCUT2D eigenvalue weighted by Gasteiger charge is -2.16. The second-order valence-corrected chi connectivity index (χ2v) is 6.68. The van der Waals surface area contributed by atoms with Gasteiger partial charge in [-0.2, -0.15) is 0 Å². The highest BCUT2D eigenvalue weighted by molar-refractivity contribution is 14.0. The Labute approximate surface area is 190 Å². The zero-order valence-corrected chi connectivity index (χ0v) is 19.7. The summed E-state index contributed by atoms with van der Waals surface area (Å²) in [5.41, 5.74) is 1.89. The molecule has 6 nitrogen and oxygen atoms in total. The molecule has 0 heterocycles. The quantitative estimate of drug-likeness (QED) is 0.255. The van der Waals surface area contributed by atoms with E-state index in [-0.39, 0.29) is 29.7 Å². The fraction of sp³-hybridized carbons (Fsp3) is 0.409. The molecule has 7 heteroatoms. The summed E-state index contributed by atoms with van der Waals surface area (Å²) >= 11 is 0. The molecule has 1 unspecified atom stereocenters. The van der Waals surface area contributed by atoms with E-state index in [1.54, 1.807) is 25.3 Å². The minimum absolute atomic E-state index is 0. The number of phenolic OH excluding ortho intramolecular Hbond substituents is 1. The van der Waals surface area contributed by atoms with E-state index in [1.807, 2.05) is 25.1 Å². The Kier molecular flexibility index (Phi) is 12.1. The molecular formula is C22H32IN3O3. The molecule has 29 heavy (non-hydrogen) atoms. The SMILES string of the molecule is CCNC(=NCc1cc(OC)ccc1O)NCC(C)COCc1ccccc1.I. The molecule has 3 N–H and O–H groups in total. The third-order valence-corrected chi connectivity index (χ3v) is 4.17. The number of aromatic hydroxyl groups is 1. The molecule has 0 amide bonds. The fourth-order valence-electron chi connectivity index (χ4n) is 2.60. The van der Waals surface area contributed by atoms with Crippen LogP contribution in [0.4, 0.5) is 0 Å². The molecule has 0 aromatic heterocycles. The molecule has 2 rings (SSSR count). The van der Waals surface area contributed by atoms with Gasteiger partial charge in [-0.1, -0.05) is 37.3 Å². The van der Waals surface area contributed by atoms with Crippen molar-refractivity contribution in [3.63, 3.8) is 0 Å². The van der Waals surface area contributed by atoms with Crippen LogP contribution in [0.2, 0.25) is 0 Å². The summed E-state index contributed by atoms with van der Waals surface area (Å²) in [5, 5.41) is 16.6. The summed E-state index contributed by atoms with van der Waals surface area (Å²) in [4.78, 5) is 4.56. The van der Waals surface area contributed by atoms with Crippen molar-refractivity contribution in [1.82, 2.24) is 10.6 Å². The van der Waals surface area contributed by atoms with Gasteiger partial charge in [-0.05, 0) is 36.6 Å². The number of benzene rings is 2. The van der Waals surface area contributed by atoms with Crippen molar-refractivity contribution < 1.29 is 14.6 Å². The lowest BCUT2D eigenvalue weighted by Crippen LogP contribution is -2.40. The maximum Gasteiger partial charge on any atom is 0.191 e. The highest BCUT2D eigenvalue weighted by Crippen LogP contribution is 2.23. The molecule has 1 atom stereocenters. The first-order valence-electron chi connectivity index (χ1n) is 9.62. The van der Waals surface area contributed by atoms with E-state index >= 15 is 0 Å². The molecule has 0 fully saturated rings. The van der Waals surface area contributed by atoms with Gasteiger partial charge >= 0.3 is 0 Å². The van der Waals surface area contributed by atoms with Crippen molar-refractivity contribution in [2.75, 3.05) is 26.8 Å². The summed E-state index contributed by atoms with van der Waals surface area (Å²) in [6.07, 6.45) is 0. The normalized spacial score (nSPS) is 12.0. The van der Waals surface area contributed by atoms with Crippen LogP contribution < -0.4 is 15.4 Å². The van der Waals surface area contributed by atoms with E-state index in [2.05, 4.69) is 34.7 Å². The third-order valence-electron chi connectivity index (χ3n) is 4.17. The summed E-state index contributed by atoms with van der Waals surface area (Å²) < 4.78 is 11.0. The van der Waals surface area contributed by atoms with E-state index < -0.39 is 0 Å². The van der Waals surface area contributed by atoms with Crippen LogP contribution in [0.15, 0.2) is 53.5 Å². The Morgan fingerprint density at radius 3 is 2.59 bits per heavy atom. The molecule has 0 saturated heterocycles. The number of methoxy groups -OCH3 is 1. The lowest BCUT2D eigenvalue weighted by molar-refractivity contribution is 0.0931. The summed E-state index contributed by atoms with van der Waals surface area (Å²) in [7, 11) is 1.60. The van der Waals surface area contributed by atoms with Crippen LogP contribution in [0, 0.1) is 5.92 Å². The van der Waals surface area contributed by atoms with E-state index in [0.29, 0.717) is 37.4 Å². The van der Waals surface area contributed by atoms with Gasteiger partial charge in [0.05, 0.1) is 26.9 Å². The molecule has 0 spiro atoms.